The van der Waals surface area contributed by atoms with E-state index in [0.29, 0.717) is 0 Å². The Hall–Kier alpha value is -1.93. The molecule has 2 aromatic rings. The Bertz CT molecular complexity index is 506. The highest BCUT2D eigenvalue weighted by molar-refractivity contribution is 7.22. The fraction of sp³-hybridized carbons (Fsp3) is 0.0625. The molecule has 2 aromatic carbocycles. The van der Waals surface area contributed by atoms with Crippen molar-refractivity contribution in [1.29, 1.82) is 0 Å². The highest BCUT2D eigenvalue weighted by atomic mass is 28.3. The maximum absolute atomic E-state index is 12.4. The summed E-state index contributed by atoms with van der Waals surface area (Å²) in [5, 5.41) is 2.40. The fourth-order valence-electron chi connectivity index (χ4n) is 2.20. The molecule has 0 amide bonds. The molecule has 0 aliphatic heterocycles. The first-order valence-corrected chi connectivity index (χ1v) is 8.47. The van der Waals surface area contributed by atoms with Crippen LogP contribution >= 0.6 is 0 Å². The number of carbonyl (C=O) groups excluding carboxylic acids is 1. The van der Waals surface area contributed by atoms with Crippen molar-refractivity contribution in [3.05, 3.63) is 73.3 Å². The lowest BCUT2D eigenvalue weighted by Gasteiger charge is -2.25. The number of benzene rings is 2. The Morgan fingerprint density at radius 1 is 0.944 bits per heavy atom. The number of rotatable bonds is 4. The van der Waals surface area contributed by atoms with Gasteiger partial charge in [-0.3, -0.25) is 4.79 Å². The second-order valence-corrected chi connectivity index (χ2v) is 8.32. The summed E-state index contributed by atoms with van der Waals surface area (Å²) >= 11 is 0. The Morgan fingerprint density at radius 2 is 1.33 bits per heavy atom. The van der Waals surface area contributed by atoms with Crippen LogP contribution in [0.15, 0.2) is 73.3 Å². The summed E-state index contributed by atoms with van der Waals surface area (Å²) in [6, 6.07) is 20.1. The van der Waals surface area contributed by atoms with Crippen molar-refractivity contribution in [3.8, 4) is 0 Å². The van der Waals surface area contributed by atoms with Crippen molar-refractivity contribution in [2.24, 2.45) is 0 Å². The minimum Gasteiger partial charge on any atom is -0.300 e. The van der Waals surface area contributed by atoms with Crippen molar-refractivity contribution in [2.75, 3.05) is 0 Å². The molecular formula is C16H16OSi. The Morgan fingerprint density at radius 3 is 1.67 bits per heavy atom. The van der Waals surface area contributed by atoms with Gasteiger partial charge in [0.2, 0.25) is 0 Å². The second-order valence-electron chi connectivity index (χ2n) is 4.43. The van der Waals surface area contributed by atoms with E-state index in [4.69, 9.17) is 0 Å². The van der Waals surface area contributed by atoms with E-state index in [1.165, 1.54) is 6.08 Å². The maximum atomic E-state index is 12.4. The van der Waals surface area contributed by atoms with Gasteiger partial charge in [0.05, 0.1) is 0 Å². The third-order valence-corrected chi connectivity index (χ3v) is 7.55. The van der Waals surface area contributed by atoms with Gasteiger partial charge in [-0.1, -0.05) is 73.8 Å². The molecule has 1 nitrogen and oxygen atoms in total. The molecule has 0 heterocycles. The van der Waals surface area contributed by atoms with Crippen LogP contribution in [0, 0.1) is 0 Å². The predicted octanol–water partition coefficient (Wildman–Crippen LogP) is 2.17. The third kappa shape index (κ3) is 2.07. The van der Waals surface area contributed by atoms with Gasteiger partial charge in [0.1, 0.15) is 5.41 Å². The number of hydrogen-bond acceptors (Lipinski definition) is 1. The van der Waals surface area contributed by atoms with Crippen LogP contribution in [0.1, 0.15) is 0 Å². The van der Waals surface area contributed by atoms with Gasteiger partial charge in [-0.15, -0.1) is 0 Å². The van der Waals surface area contributed by atoms with Crippen LogP contribution in [0.2, 0.25) is 6.55 Å². The van der Waals surface area contributed by atoms with Crippen LogP contribution < -0.4 is 10.4 Å². The molecule has 90 valence electrons. The summed E-state index contributed by atoms with van der Waals surface area (Å²) in [4.78, 5) is 12.4. The molecule has 0 spiro atoms. The molecule has 0 bridgehead atoms. The number of hydrogen-bond donors (Lipinski definition) is 0. The zero-order valence-electron chi connectivity index (χ0n) is 10.5. The normalized spacial score (nSPS) is 10.9. The first-order chi connectivity index (χ1) is 8.69. The van der Waals surface area contributed by atoms with E-state index in [1.54, 1.807) is 0 Å². The van der Waals surface area contributed by atoms with Gasteiger partial charge in [-0.05, 0) is 16.4 Å². The molecule has 0 N–H and O–H groups in total. The first kappa shape index (κ1) is 12.5. The van der Waals surface area contributed by atoms with E-state index >= 15 is 0 Å². The maximum Gasteiger partial charge on any atom is 0.196 e. The lowest BCUT2D eigenvalue weighted by atomic mass is 10.4. The summed E-state index contributed by atoms with van der Waals surface area (Å²) in [6.45, 7) is 5.75. The molecule has 0 aliphatic carbocycles. The minimum atomic E-state index is -2.36. The molecule has 0 unspecified atom stereocenters. The lowest BCUT2D eigenvalue weighted by Crippen LogP contribution is -2.61. The number of allylic oxidation sites excluding steroid dienone is 1. The topological polar surface area (TPSA) is 17.1 Å². The van der Waals surface area contributed by atoms with Crippen LogP contribution in [0.5, 0.6) is 0 Å². The summed E-state index contributed by atoms with van der Waals surface area (Å²) < 4.78 is 0. The summed E-state index contributed by atoms with van der Waals surface area (Å²) in [5.41, 5.74) is 0. The monoisotopic (exact) mass is 252 g/mol. The van der Waals surface area contributed by atoms with E-state index in [-0.39, 0.29) is 5.41 Å². The largest absolute Gasteiger partial charge is 0.300 e. The second kappa shape index (κ2) is 5.15. The average Bonchev–Trinajstić information content (AvgIpc) is 2.47. The van der Waals surface area contributed by atoms with Crippen molar-refractivity contribution in [1.82, 2.24) is 0 Å². The molecular weight excluding hydrogens is 236 g/mol. The van der Waals surface area contributed by atoms with Crippen molar-refractivity contribution in [3.63, 3.8) is 0 Å². The third-order valence-electron chi connectivity index (χ3n) is 3.38. The molecule has 0 saturated carbocycles. The summed E-state index contributed by atoms with van der Waals surface area (Å²) in [6.07, 6.45) is 1.46. The standard InChI is InChI=1S/C16H16OSi/c1-3-16(17)18(2,14-10-6-4-7-11-14)15-12-8-5-9-13-15/h3-13H,1H2,2H3. The number of carbonyl (C=O) groups is 1. The molecule has 2 rings (SSSR count). The molecule has 0 aromatic heterocycles. The Kier molecular flexibility index (Phi) is 3.58. The summed E-state index contributed by atoms with van der Waals surface area (Å²) in [7, 11) is -2.36. The highest BCUT2D eigenvalue weighted by Gasteiger charge is 2.38. The summed E-state index contributed by atoms with van der Waals surface area (Å²) in [5.74, 6) is 0. The van der Waals surface area contributed by atoms with Gasteiger partial charge in [-0.25, -0.2) is 0 Å². The van der Waals surface area contributed by atoms with Gasteiger partial charge in [0.25, 0.3) is 0 Å². The molecule has 2 heteroatoms. The first-order valence-electron chi connectivity index (χ1n) is 5.97. The molecule has 0 aliphatic rings. The molecule has 0 radical (unpaired) electrons. The smallest absolute Gasteiger partial charge is 0.196 e. The highest BCUT2D eigenvalue weighted by Crippen LogP contribution is 2.07. The fourth-order valence-corrected chi connectivity index (χ4v) is 5.23. The van der Waals surface area contributed by atoms with E-state index < -0.39 is 8.07 Å². The Balaban J connectivity index is 2.62. The van der Waals surface area contributed by atoms with Gasteiger partial charge in [0.15, 0.2) is 8.07 Å². The zero-order valence-corrected chi connectivity index (χ0v) is 11.5. The molecule has 0 atom stereocenters. The quantitative estimate of drug-likeness (QED) is 0.602. The van der Waals surface area contributed by atoms with E-state index in [0.717, 1.165) is 10.4 Å². The van der Waals surface area contributed by atoms with Gasteiger partial charge >= 0.3 is 0 Å². The van der Waals surface area contributed by atoms with Crippen LogP contribution in [0.3, 0.4) is 0 Å². The Labute approximate surface area is 109 Å². The van der Waals surface area contributed by atoms with Crippen LogP contribution in [-0.4, -0.2) is 13.5 Å². The van der Waals surface area contributed by atoms with Crippen LogP contribution in [-0.2, 0) is 4.79 Å². The molecule has 18 heavy (non-hydrogen) atoms. The SMILES string of the molecule is C=CC(=O)[Si](C)(c1ccccc1)c1ccccc1. The van der Waals surface area contributed by atoms with Crippen molar-refractivity contribution in [2.45, 2.75) is 6.55 Å². The molecule has 0 saturated heterocycles. The van der Waals surface area contributed by atoms with Gasteiger partial charge in [0, 0.05) is 0 Å². The zero-order chi connectivity index (χ0) is 13.0. The minimum absolute atomic E-state index is 0.153. The van der Waals surface area contributed by atoms with E-state index in [2.05, 4.69) is 13.1 Å². The molecule has 0 fully saturated rings. The lowest BCUT2D eigenvalue weighted by molar-refractivity contribution is -0.108. The van der Waals surface area contributed by atoms with E-state index in [9.17, 15) is 4.79 Å². The van der Waals surface area contributed by atoms with E-state index in [1.807, 2.05) is 60.7 Å². The average molecular weight is 252 g/mol. The van der Waals surface area contributed by atoms with Crippen molar-refractivity contribution < 1.29 is 4.79 Å². The van der Waals surface area contributed by atoms with Gasteiger partial charge in [-0.2, -0.15) is 0 Å². The van der Waals surface area contributed by atoms with Crippen LogP contribution in [0.25, 0.3) is 0 Å². The van der Waals surface area contributed by atoms with Gasteiger partial charge < -0.3 is 0 Å². The van der Waals surface area contributed by atoms with Crippen LogP contribution in [0.4, 0.5) is 0 Å². The predicted molar refractivity (Wildman–Crippen MR) is 79.0 cm³/mol. The van der Waals surface area contributed by atoms with Crippen molar-refractivity contribution >= 4 is 23.9 Å².